The Bertz CT molecular complexity index is 736. The van der Waals surface area contributed by atoms with Crippen molar-refractivity contribution in [3.63, 3.8) is 0 Å². The number of hydrogen-bond acceptors (Lipinski definition) is 6. The molecule has 0 bridgehead atoms. The van der Waals surface area contributed by atoms with Crippen LogP contribution in [-0.2, 0) is 55.4 Å². The van der Waals surface area contributed by atoms with E-state index in [2.05, 4.69) is 0 Å². The van der Waals surface area contributed by atoms with Crippen molar-refractivity contribution >= 4 is 11.9 Å². The molecule has 8 heteroatoms. The molecule has 0 aliphatic rings. The molecule has 6 nitrogen and oxygen atoms in total. The molecule has 0 saturated carbocycles. The molecule has 0 radical (unpaired) electrons. The molecule has 2 unspecified atom stereocenters. The maximum atomic E-state index is 11.9. The summed E-state index contributed by atoms with van der Waals surface area (Å²) in [7, 11) is 0. The topological polar surface area (TPSA) is 93.1 Å². The fourth-order valence-corrected chi connectivity index (χ4v) is 12.2. The van der Waals surface area contributed by atoms with Gasteiger partial charge in [0.2, 0.25) is 0 Å². The molecular formula is C19H20Hg2O6. The second-order valence-electron chi connectivity index (χ2n) is 6.42. The molecule has 0 spiro atoms. The van der Waals surface area contributed by atoms with Crippen LogP contribution in [0.3, 0.4) is 0 Å². The van der Waals surface area contributed by atoms with Crippen LogP contribution in [0.2, 0.25) is 7.86 Å². The van der Waals surface area contributed by atoms with Gasteiger partial charge in [0.15, 0.2) is 0 Å². The summed E-state index contributed by atoms with van der Waals surface area (Å²) in [5.41, 5.74) is -0.344. The van der Waals surface area contributed by atoms with Crippen molar-refractivity contribution in [2.75, 3.05) is 0 Å². The van der Waals surface area contributed by atoms with E-state index < -0.39 is 61.8 Å². The molecule has 0 aliphatic heterocycles. The quantitative estimate of drug-likeness (QED) is 0.384. The third-order valence-electron chi connectivity index (χ3n) is 4.20. The first-order chi connectivity index (χ1) is 12.9. The van der Waals surface area contributed by atoms with Gasteiger partial charge in [-0.3, -0.25) is 0 Å². The first kappa shape index (κ1) is 22.5. The summed E-state index contributed by atoms with van der Waals surface area (Å²) in [5, 5.41) is 20.7. The van der Waals surface area contributed by atoms with E-state index in [-0.39, 0.29) is 11.9 Å². The summed E-state index contributed by atoms with van der Waals surface area (Å²) in [6.07, 6.45) is -0.974. The van der Waals surface area contributed by atoms with E-state index in [4.69, 9.17) is 5.29 Å². The summed E-state index contributed by atoms with van der Waals surface area (Å²) in [5.74, 6) is -0.750. The normalized spacial score (nSPS) is 13.4. The zero-order valence-corrected chi connectivity index (χ0v) is 26.2. The van der Waals surface area contributed by atoms with Crippen LogP contribution >= 0.6 is 0 Å². The van der Waals surface area contributed by atoms with E-state index in [0.29, 0.717) is 19.0 Å². The van der Waals surface area contributed by atoms with Gasteiger partial charge in [-0.2, -0.15) is 0 Å². The number of hydrogen-bond donors (Lipinski definition) is 2. The summed E-state index contributed by atoms with van der Waals surface area (Å²) in [6.45, 7) is 1.54. The Hall–Kier alpha value is -0.830. The van der Waals surface area contributed by atoms with Gasteiger partial charge in [-0.1, -0.05) is 0 Å². The van der Waals surface area contributed by atoms with Gasteiger partial charge in [0, 0.05) is 0 Å². The molecule has 0 aliphatic carbocycles. The van der Waals surface area contributed by atoms with Gasteiger partial charge in [-0.25, -0.2) is 0 Å². The van der Waals surface area contributed by atoms with Gasteiger partial charge in [-0.05, 0) is 0 Å². The van der Waals surface area contributed by atoms with E-state index in [1.165, 1.54) is 0 Å². The van der Waals surface area contributed by atoms with Crippen LogP contribution in [0.25, 0.3) is 0 Å². The van der Waals surface area contributed by atoms with Crippen molar-refractivity contribution in [1.82, 2.24) is 0 Å². The van der Waals surface area contributed by atoms with Gasteiger partial charge < -0.3 is 0 Å². The van der Waals surface area contributed by atoms with E-state index >= 15 is 0 Å². The summed E-state index contributed by atoms with van der Waals surface area (Å²) in [4.78, 5) is 23.8. The van der Waals surface area contributed by atoms with Crippen LogP contribution in [0.15, 0.2) is 60.7 Å². The average Bonchev–Trinajstić information content (AvgIpc) is 2.68. The molecule has 0 aromatic heterocycles. The molecule has 2 aromatic rings. The molecule has 2 N–H and O–H groups in total. The van der Waals surface area contributed by atoms with E-state index in [1.807, 2.05) is 12.1 Å². The van der Waals surface area contributed by atoms with Crippen molar-refractivity contribution in [1.29, 1.82) is 0 Å². The minimum absolute atomic E-state index is 0.313. The fraction of sp³-hybridized carbons (Fsp3) is 0.263. The van der Waals surface area contributed by atoms with Gasteiger partial charge in [-0.15, -0.1) is 0 Å². The summed E-state index contributed by atoms with van der Waals surface area (Å²) < 4.78 is 11.3. The molecule has 0 amide bonds. The van der Waals surface area contributed by atoms with Gasteiger partial charge >= 0.3 is 185 Å². The third kappa shape index (κ3) is 7.60. The second kappa shape index (κ2) is 11.2. The number of rotatable bonds is 9. The number of aliphatic hydroxyl groups is 2. The van der Waals surface area contributed by atoms with Crippen LogP contribution in [-0.4, -0.2) is 33.9 Å². The van der Waals surface area contributed by atoms with Crippen LogP contribution in [0.4, 0.5) is 0 Å². The number of benzene rings is 2. The van der Waals surface area contributed by atoms with E-state index in [1.54, 1.807) is 55.5 Å². The number of aliphatic hydroxyl groups excluding tert-OH is 1. The van der Waals surface area contributed by atoms with Crippen molar-refractivity contribution in [3.8, 4) is 0 Å². The minimum atomic E-state index is -2.15. The predicted molar refractivity (Wildman–Crippen MR) is 90.0 cm³/mol. The molecule has 136 valence electrons. The predicted octanol–water partition coefficient (Wildman–Crippen LogP) is 2.64. The molecular weight excluding hydrogens is 725 g/mol. The second-order valence-corrected chi connectivity index (χ2v) is 16.0. The number of carbonyl (C=O) groups excluding carboxylic acids is 2. The molecule has 2 rings (SSSR count). The molecule has 27 heavy (non-hydrogen) atoms. The average molecular weight is 746 g/mol. The van der Waals surface area contributed by atoms with Gasteiger partial charge in [0.05, 0.1) is 0 Å². The molecule has 0 heterocycles. The summed E-state index contributed by atoms with van der Waals surface area (Å²) >= 11 is -4.27. The zero-order chi connectivity index (χ0) is 19.7. The third-order valence-corrected chi connectivity index (χ3v) is 15.6. The van der Waals surface area contributed by atoms with Crippen LogP contribution in [0.1, 0.15) is 27.6 Å². The molecule has 0 fully saturated rings. The Labute approximate surface area is 184 Å². The molecule has 2 atom stereocenters. The Balaban J connectivity index is 1.71. The molecule has 0 saturated heterocycles. The Morgan fingerprint density at radius 3 is 1.85 bits per heavy atom. The summed E-state index contributed by atoms with van der Waals surface area (Å²) in [6, 6.07) is 17.4. The van der Waals surface area contributed by atoms with Crippen LogP contribution in [0, 0.1) is 0 Å². The monoisotopic (exact) mass is 748 g/mol. The standard InChI is InChI=1S/2C7H6O2.C5H10O2.2Hg/c2*8-7(9)6-4-2-1-3-5-6;1-4(6)5(2,3)7;;/h2*1-5H,(H,8,9);4,6-7H,1-2H2,3H3;;/q;;;2*+1/p-2. The van der Waals surface area contributed by atoms with E-state index in [9.17, 15) is 19.8 Å². The Morgan fingerprint density at radius 2 is 1.37 bits per heavy atom. The maximum absolute atomic E-state index is 11.9. The fourth-order valence-electron chi connectivity index (χ4n) is 2.41. The van der Waals surface area contributed by atoms with Crippen molar-refractivity contribution in [2.24, 2.45) is 0 Å². The van der Waals surface area contributed by atoms with Crippen LogP contribution in [0.5, 0.6) is 0 Å². The zero-order valence-electron chi connectivity index (χ0n) is 15.2. The van der Waals surface area contributed by atoms with Crippen molar-refractivity contribution in [2.45, 2.75) is 26.5 Å². The first-order valence-electron chi connectivity index (χ1n) is 8.75. The Kier molecular flexibility index (Phi) is 9.35. The van der Waals surface area contributed by atoms with E-state index in [0.717, 1.165) is 0 Å². The first-order valence-corrected chi connectivity index (χ1v) is 21.0. The van der Waals surface area contributed by atoms with Gasteiger partial charge in [0.25, 0.3) is 0 Å². The number of carbonyl (C=O) groups is 2. The Morgan fingerprint density at radius 1 is 0.926 bits per heavy atom. The van der Waals surface area contributed by atoms with Crippen molar-refractivity contribution in [3.05, 3.63) is 71.8 Å². The van der Waals surface area contributed by atoms with Gasteiger partial charge in [0.1, 0.15) is 0 Å². The SMILES string of the molecule is CC(O)([CH2][Hg][O]C(=O)c1ccccc1)C(O)[CH2][Hg][O]C(=O)c1ccccc1. The van der Waals surface area contributed by atoms with Crippen LogP contribution < -0.4 is 0 Å². The van der Waals surface area contributed by atoms with Crippen molar-refractivity contribution < 1.29 is 75.2 Å². The molecule has 2 aromatic carbocycles.